The predicted octanol–water partition coefficient (Wildman–Crippen LogP) is 0.997. The molecule has 1 aliphatic heterocycles. The van der Waals surface area contributed by atoms with Crippen molar-refractivity contribution in [2.75, 3.05) is 5.75 Å². The molecule has 1 atom stereocenters. The highest BCUT2D eigenvalue weighted by atomic mass is 32.2. The Kier molecular flexibility index (Phi) is 3.74. The van der Waals surface area contributed by atoms with Crippen LogP contribution in [0.15, 0.2) is 41.6 Å². The van der Waals surface area contributed by atoms with Crippen molar-refractivity contribution < 1.29 is 13.2 Å². The third kappa shape index (κ3) is 2.89. The SMILES string of the molecule is Cn1cc(CC(=O)NC2CCS(=O)(=O)c3ccccc32)cn1. The normalized spacial score (nSPS) is 19.4. The van der Waals surface area contributed by atoms with Crippen molar-refractivity contribution in [2.24, 2.45) is 7.05 Å². The second-order valence-electron chi connectivity index (χ2n) is 5.46. The zero-order valence-corrected chi connectivity index (χ0v) is 13.0. The topological polar surface area (TPSA) is 81.1 Å². The molecule has 0 saturated heterocycles. The van der Waals surface area contributed by atoms with Crippen LogP contribution in [0, 0.1) is 0 Å². The molecule has 1 unspecified atom stereocenters. The molecule has 2 aromatic rings. The maximum absolute atomic E-state index is 12.2. The zero-order valence-electron chi connectivity index (χ0n) is 12.2. The number of amides is 1. The Balaban J connectivity index is 1.77. The fourth-order valence-electron chi connectivity index (χ4n) is 2.73. The fraction of sp³-hybridized carbons (Fsp3) is 0.333. The second kappa shape index (κ2) is 5.57. The third-order valence-corrected chi connectivity index (χ3v) is 5.58. The van der Waals surface area contributed by atoms with Crippen LogP contribution in [0.4, 0.5) is 0 Å². The predicted molar refractivity (Wildman–Crippen MR) is 80.9 cm³/mol. The maximum atomic E-state index is 12.2. The molecule has 1 N–H and O–H groups in total. The van der Waals surface area contributed by atoms with E-state index in [1.54, 1.807) is 48.4 Å². The van der Waals surface area contributed by atoms with Crippen molar-refractivity contribution in [3.63, 3.8) is 0 Å². The third-order valence-electron chi connectivity index (χ3n) is 3.76. The van der Waals surface area contributed by atoms with E-state index >= 15 is 0 Å². The first-order valence-corrected chi connectivity index (χ1v) is 8.69. The number of fused-ring (bicyclic) bond motifs is 1. The van der Waals surface area contributed by atoms with Gasteiger partial charge in [0.2, 0.25) is 5.91 Å². The smallest absolute Gasteiger partial charge is 0.225 e. The van der Waals surface area contributed by atoms with Crippen molar-refractivity contribution >= 4 is 15.7 Å². The fourth-order valence-corrected chi connectivity index (χ4v) is 4.36. The average molecular weight is 319 g/mol. The molecule has 6 nitrogen and oxygen atoms in total. The highest BCUT2D eigenvalue weighted by molar-refractivity contribution is 7.91. The van der Waals surface area contributed by atoms with Crippen molar-refractivity contribution in [3.05, 3.63) is 47.8 Å². The lowest BCUT2D eigenvalue weighted by Crippen LogP contribution is -2.34. The Hall–Kier alpha value is -2.15. The van der Waals surface area contributed by atoms with E-state index in [2.05, 4.69) is 10.4 Å². The number of carbonyl (C=O) groups is 1. The Labute approximate surface area is 129 Å². The van der Waals surface area contributed by atoms with E-state index < -0.39 is 9.84 Å². The van der Waals surface area contributed by atoms with E-state index in [4.69, 9.17) is 0 Å². The molecule has 0 bridgehead atoms. The minimum atomic E-state index is -3.23. The first-order valence-electron chi connectivity index (χ1n) is 7.04. The van der Waals surface area contributed by atoms with Crippen LogP contribution in [-0.4, -0.2) is 29.9 Å². The largest absolute Gasteiger partial charge is 0.349 e. The Morgan fingerprint density at radius 2 is 2.18 bits per heavy atom. The molecule has 0 aliphatic carbocycles. The molecule has 0 fully saturated rings. The molecule has 1 aromatic carbocycles. The van der Waals surface area contributed by atoms with Gasteiger partial charge in [0.1, 0.15) is 0 Å². The van der Waals surface area contributed by atoms with E-state index in [0.29, 0.717) is 16.9 Å². The number of benzene rings is 1. The highest BCUT2D eigenvalue weighted by Gasteiger charge is 2.30. The summed E-state index contributed by atoms with van der Waals surface area (Å²) in [5.74, 6) is -0.0749. The maximum Gasteiger partial charge on any atom is 0.225 e. The standard InChI is InChI=1S/C15H17N3O3S/c1-18-10-11(9-16-18)8-15(19)17-13-6-7-22(20,21)14-5-3-2-4-12(13)14/h2-5,9-10,13H,6-8H2,1H3,(H,17,19). The van der Waals surface area contributed by atoms with Crippen LogP contribution in [0.25, 0.3) is 0 Å². The quantitative estimate of drug-likeness (QED) is 0.915. The van der Waals surface area contributed by atoms with Gasteiger partial charge in [0, 0.05) is 13.2 Å². The van der Waals surface area contributed by atoms with Crippen LogP contribution in [0.1, 0.15) is 23.6 Å². The molecule has 22 heavy (non-hydrogen) atoms. The molecule has 0 saturated carbocycles. The van der Waals surface area contributed by atoms with Gasteiger partial charge in [0.15, 0.2) is 9.84 Å². The summed E-state index contributed by atoms with van der Waals surface area (Å²) in [5.41, 5.74) is 1.50. The van der Waals surface area contributed by atoms with Crippen LogP contribution >= 0.6 is 0 Å². The van der Waals surface area contributed by atoms with Gasteiger partial charge in [0.25, 0.3) is 0 Å². The first kappa shape index (κ1) is 14.8. The number of hydrogen-bond donors (Lipinski definition) is 1. The summed E-state index contributed by atoms with van der Waals surface area (Å²) in [4.78, 5) is 12.5. The number of aryl methyl sites for hydroxylation is 1. The highest BCUT2D eigenvalue weighted by Crippen LogP contribution is 2.31. The first-order chi connectivity index (χ1) is 10.5. The molecule has 1 amide bonds. The number of nitrogens with one attached hydrogen (secondary N) is 1. The lowest BCUT2D eigenvalue weighted by Gasteiger charge is -2.26. The van der Waals surface area contributed by atoms with Crippen LogP contribution in [0.2, 0.25) is 0 Å². The number of aromatic nitrogens is 2. The monoisotopic (exact) mass is 319 g/mol. The molecule has 116 valence electrons. The zero-order chi connectivity index (χ0) is 15.7. The summed E-state index contributed by atoms with van der Waals surface area (Å²) in [6.45, 7) is 0. The van der Waals surface area contributed by atoms with Gasteiger partial charge < -0.3 is 5.32 Å². The number of hydrogen-bond acceptors (Lipinski definition) is 4. The van der Waals surface area contributed by atoms with E-state index in [-0.39, 0.29) is 24.1 Å². The lowest BCUT2D eigenvalue weighted by molar-refractivity contribution is -0.121. The Morgan fingerprint density at radius 3 is 2.91 bits per heavy atom. The molecule has 0 radical (unpaired) electrons. The number of nitrogens with zero attached hydrogens (tertiary/aromatic N) is 2. The van der Waals surface area contributed by atoms with Crippen LogP contribution in [-0.2, 0) is 28.1 Å². The molecule has 1 aliphatic rings. The van der Waals surface area contributed by atoms with Crippen molar-refractivity contribution in [3.8, 4) is 0 Å². The number of rotatable bonds is 3. The summed E-state index contributed by atoms with van der Waals surface area (Å²) in [7, 11) is -1.44. The summed E-state index contributed by atoms with van der Waals surface area (Å²) in [6, 6.07) is 6.60. The van der Waals surface area contributed by atoms with Gasteiger partial charge in [-0.2, -0.15) is 5.10 Å². The van der Waals surface area contributed by atoms with E-state index in [9.17, 15) is 13.2 Å². The molecule has 2 heterocycles. The lowest BCUT2D eigenvalue weighted by atomic mass is 10.0. The molecular formula is C15H17N3O3S. The Bertz CT molecular complexity index is 811. The van der Waals surface area contributed by atoms with Gasteiger partial charge >= 0.3 is 0 Å². The molecule has 0 spiro atoms. The Morgan fingerprint density at radius 1 is 1.41 bits per heavy atom. The van der Waals surface area contributed by atoms with Gasteiger partial charge in [-0.3, -0.25) is 9.48 Å². The van der Waals surface area contributed by atoms with Gasteiger partial charge in [-0.25, -0.2) is 8.42 Å². The number of sulfone groups is 1. The molecule has 1 aromatic heterocycles. The van der Waals surface area contributed by atoms with Gasteiger partial charge in [-0.15, -0.1) is 0 Å². The van der Waals surface area contributed by atoms with Gasteiger partial charge in [-0.1, -0.05) is 18.2 Å². The molecule has 7 heteroatoms. The molecule has 3 rings (SSSR count). The van der Waals surface area contributed by atoms with Gasteiger partial charge in [-0.05, 0) is 23.6 Å². The van der Waals surface area contributed by atoms with Crippen molar-refractivity contribution in [2.45, 2.75) is 23.8 Å². The van der Waals surface area contributed by atoms with E-state index in [1.807, 2.05) is 0 Å². The minimum absolute atomic E-state index is 0.0574. The van der Waals surface area contributed by atoms with Gasteiger partial charge in [0.05, 0.1) is 29.3 Å². The van der Waals surface area contributed by atoms with Crippen molar-refractivity contribution in [1.82, 2.24) is 15.1 Å². The van der Waals surface area contributed by atoms with Crippen LogP contribution in [0.5, 0.6) is 0 Å². The van der Waals surface area contributed by atoms with E-state index in [0.717, 1.165) is 5.56 Å². The van der Waals surface area contributed by atoms with Crippen molar-refractivity contribution in [1.29, 1.82) is 0 Å². The van der Waals surface area contributed by atoms with Crippen LogP contribution in [0.3, 0.4) is 0 Å². The minimum Gasteiger partial charge on any atom is -0.349 e. The number of carbonyl (C=O) groups excluding carboxylic acids is 1. The summed E-state index contributed by atoms with van der Waals surface area (Å²) in [6.07, 6.45) is 4.08. The van der Waals surface area contributed by atoms with Crippen LogP contribution < -0.4 is 5.32 Å². The summed E-state index contributed by atoms with van der Waals surface area (Å²) < 4.78 is 25.8. The summed E-state index contributed by atoms with van der Waals surface area (Å²) in [5, 5.41) is 6.96. The summed E-state index contributed by atoms with van der Waals surface area (Å²) >= 11 is 0. The average Bonchev–Trinajstić information content (AvgIpc) is 2.87. The molecular weight excluding hydrogens is 302 g/mol. The van der Waals surface area contributed by atoms with E-state index in [1.165, 1.54) is 0 Å². The second-order valence-corrected chi connectivity index (χ2v) is 7.54.